The summed E-state index contributed by atoms with van der Waals surface area (Å²) in [6.07, 6.45) is -0.830. The highest BCUT2D eigenvalue weighted by molar-refractivity contribution is 5.89. The van der Waals surface area contributed by atoms with E-state index in [9.17, 15) is 19.7 Å². The lowest BCUT2D eigenvalue weighted by molar-refractivity contribution is -0.384. The summed E-state index contributed by atoms with van der Waals surface area (Å²) in [6.45, 7) is 1.43. The van der Waals surface area contributed by atoms with Gasteiger partial charge in [-0.25, -0.2) is 4.79 Å². The van der Waals surface area contributed by atoms with Gasteiger partial charge in [0.15, 0.2) is 0 Å². The molecule has 2 aromatic rings. The van der Waals surface area contributed by atoms with Gasteiger partial charge in [-0.15, -0.1) is 0 Å². The fourth-order valence-corrected chi connectivity index (χ4v) is 2.16. The van der Waals surface area contributed by atoms with Gasteiger partial charge in [0.05, 0.1) is 4.92 Å². The first-order chi connectivity index (χ1) is 11.8. The van der Waals surface area contributed by atoms with Crippen LogP contribution >= 0.6 is 0 Å². The third kappa shape index (κ3) is 4.31. The number of benzene rings is 2. The summed E-state index contributed by atoms with van der Waals surface area (Å²) in [6, 6.07) is 14.2. The molecule has 0 aromatic heterocycles. The van der Waals surface area contributed by atoms with E-state index in [-0.39, 0.29) is 12.3 Å². The Morgan fingerprint density at radius 3 is 2.28 bits per heavy atom. The Kier molecular flexibility index (Phi) is 5.33. The molecule has 25 heavy (non-hydrogen) atoms. The molecular weight excluding hydrogens is 326 g/mol. The SMILES string of the molecule is C[C@](NC(=O)OCc1ccccc1)(C(N)=O)c1ccc([N+](=O)[O-])cc1. The summed E-state index contributed by atoms with van der Waals surface area (Å²) in [5.41, 5.74) is 4.80. The molecule has 0 aliphatic carbocycles. The van der Waals surface area contributed by atoms with E-state index in [0.717, 1.165) is 5.56 Å². The van der Waals surface area contributed by atoms with E-state index in [4.69, 9.17) is 10.5 Å². The molecule has 0 radical (unpaired) electrons. The van der Waals surface area contributed by atoms with Crippen molar-refractivity contribution in [3.8, 4) is 0 Å². The number of rotatable bonds is 6. The van der Waals surface area contributed by atoms with Crippen molar-refractivity contribution in [3.63, 3.8) is 0 Å². The molecule has 3 N–H and O–H groups in total. The number of carbonyl (C=O) groups is 2. The van der Waals surface area contributed by atoms with Crippen LogP contribution in [0.3, 0.4) is 0 Å². The van der Waals surface area contributed by atoms with E-state index in [0.29, 0.717) is 5.56 Å². The molecule has 0 aliphatic rings. The lowest BCUT2D eigenvalue weighted by atomic mass is 9.91. The third-order valence-electron chi connectivity index (χ3n) is 3.71. The Morgan fingerprint density at radius 2 is 1.76 bits per heavy atom. The van der Waals surface area contributed by atoms with Crippen molar-refractivity contribution >= 4 is 17.7 Å². The quantitative estimate of drug-likeness (QED) is 0.614. The largest absolute Gasteiger partial charge is 0.445 e. The maximum Gasteiger partial charge on any atom is 0.408 e. The molecule has 0 aliphatic heterocycles. The normalized spacial score (nSPS) is 12.7. The smallest absolute Gasteiger partial charge is 0.408 e. The van der Waals surface area contributed by atoms with Gasteiger partial charge in [0.1, 0.15) is 12.1 Å². The second kappa shape index (κ2) is 7.43. The van der Waals surface area contributed by atoms with E-state index in [1.807, 2.05) is 6.07 Å². The van der Waals surface area contributed by atoms with E-state index in [1.165, 1.54) is 31.2 Å². The highest BCUT2D eigenvalue weighted by Crippen LogP contribution is 2.23. The number of nitro benzene ring substituents is 1. The maximum atomic E-state index is 12.0. The molecule has 8 heteroatoms. The fraction of sp³-hybridized carbons (Fsp3) is 0.176. The zero-order valence-corrected chi connectivity index (χ0v) is 13.5. The third-order valence-corrected chi connectivity index (χ3v) is 3.71. The molecule has 0 heterocycles. The Hall–Kier alpha value is -3.42. The molecular formula is C17H17N3O5. The van der Waals surface area contributed by atoms with Crippen LogP contribution in [0.5, 0.6) is 0 Å². The van der Waals surface area contributed by atoms with Crippen LogP contribution in [0.4, 0.5) is 10.5 Å². The van der Waals surface area contributed by atoms with Crippen LogP contribution < -0.4 is 11.1 Å². The van der Waals surface area contributed by atoms with Gasteiger partial charge in [0.2, 0.25) is 5.91 Å². The number of hydrogen-bond acceptors (Lipinski definition) is 5. The molecule has 0 saturated carbocycles. The number of nitrogens with two attached hydrogens (primary N) is 1. The van der Waals surface area contributed by atoms with E-state index in [2.05, 4.69) is 5.32 Å². The molecule has 8 nitrogen and oxygen atoms in total. The van der Waals surface area contributed by atoms with Gasteiger partial charge in [-0.1, -0.05) is 30.3 Å². The number of amides is 2. The Labute approximate surface area is 143 Å². The zero-order valence-electron chi connectivity index (χ0n) is 13.5. The predicted octanol–water partition coefficient (Wildman–Crippen LogP) is 2.22. The first-order valence-corrected chi connectivity index (χ1v) is 7.36. The van der Waals surface area contributed by atoms with Gasteiger partial charge < -0.3 is 15.8 Å². The van der Waals surface area contributed by atoms with Crippen LogP contribution in [0.2, 0.25) is 0 Å². The van der Waals surface area contributed by atoms with Crippen LogP contribution in [0, 0.1) is 10.1 Å². The minimum atomic E-state index is -1.57. The first-order valence-electron chi connectivity index (χ1n) is 7.36. The molecule has 0 saturated heterocycles. The maximum absolute atomic E-state index is 12.0. The zero-order chi connectivity index (χ0) is 18.4. The average Bonchev–Trinajstić information content (AvgIpc) is 2.60. The van der Waals surface area contributed by atoms with Crippen molar-refractivity contribution in [2.45, 2.75) is 19.1 Å². The van der Waals surface area contributed by atoms with Crippen LogP contribution in [0.25, 0.3) is 0 Å². The second-order valence-corrected chi connectivity index (χ2v) is 5.48. The number of hydrogen-bond donors (Lipinski definition) is 2. The van der Waals surface area contributed by atoms with E-state index >= 15 is 0 Å². The summed E-state index contributed by atoms with van der Waals surface area (Å²) in [5.74, 6) is -0.821. The summed E-state index contributed by atoms with van der Waals surface area (Å²) >= 11 is 0. The Bertz CT molecular complexity index is 777. The van der Waals surface area contributed by atoms with Crippen LogP contribution in [0.15, 0.2) is 54.6 Å². The monoisotopic (exact) mass is 343 g/mol. The lowest BCUT2D eigenvalue weighted by Gasteiger charge is -2.27. The number of nitro groups is 1. The van der Waals surface area contributed by atoms with Gasteiger partial charge in [0, 0.05) is 12.1 Å². The van der Waals surface area contributed by atoms with Crippen LogP contribution in [-0.2, 0) is 21.7 Å². The van der Waals surface area contributed by atoms with Crippen molar-refractivity contribution in [3.05, 3.63) is 75.8 Å². The highest BCUT2D eigenvalue weighted by Gasteiger charge is 2.36. The number of primary amides is 1. The van der Waals surface area contributed by atoms with Gasteiger partial charge in [-0.05, 0) is 30.2 Å². The minimum absolute atomic E-state index is 0.0295. The van der Waals surface area contributed by atoms with Crippen molar-refractivity contribution in [1.29, 1.82) is 0 Å². The lowest BCUT2D eigenvalue weighted by Crippen LogP contribution is -2.52. The molecule has 2 aromatic carbocycles. The van der Waals surface area contributed by atoms with Gasteiger partial charge >= 0.3 is 6.09 Å². The van der Waals surface area contributed by atoms with Crippen LogP contribution in [0.1, 0.15) is 18.1 Å². The number of carbonyl (C=O) groups excluding carboxylic acids is 2. The van der Waals surface area contributed by atoms with Gasteiger partial charge in [-0.2, -0.15) is 0 Å². The molecule has 1 atom stereocenters. The summed E-state index contributed by atoms with van der Waals surface area (Å²) in [4.78, 5) is 34.1. The highest BCUT2D eigenvalue weighted by atomic mass is 16.6. The number of ether oxygens (including phenoxy) is 1. The number of non-ortho nitro benzene ring substituents is 1. The summed E-state index contributed by atoms with van der Waals surface area (Å²) in [7, 11) is 0. The minimum Gasteiger partial charge on any atom is -0.445 e. The Morgan fingerprint density at radius 1 is 1.16 bits per heavy atom. The molecule has 0 unspecified atom stereocenters. The first kappa shape index (κ1) is 17.9. The van der Waals surface area contributed by atoms with E-state index < -0.39 is 22.5 Å². The fourth-order valence-electron chi connectivity index (χ4n) is 2.16. The topological polar surface area (TPSA) is 125 Å². The van der Waals surface area contributed by atoms with Crippen molar-refractivity contribution in [1.82, 2.24) is 5.32 Å². The summed E-state index contributed by atoms with van der Waals surface area (Å²) < 4.78 is 5.09. The molecule has 2 rings (SSSR count). The average molecular weight is 343 g/mol. The number of nitrogens with one attached hydrogen (secondary N) is 1. The van der Waals surface area contributed by atoms with Crippen LogP contribution in [-0.4, -0.2) is 16.9 Å². The molecule has 130 valence electrons. The van der Waals surface area contributed by atoms with Crippen molar-refractivity contribution in [2.24, 2.45) is 5.73 Å². The summed E-state index contributed by atoms with van der Waals surface area (Å²) in [5, 5.41) is 13.1. The van der Waals surface area contributed by atoms with Crippen molar-refractivity contribution < 1.29 is 19.2 Å². The molecule has 0 spiro atoms. The van der Waals surface area contributed by atoms with Gasteiger partial charge in [0.25, 0.3) is 5.69 Å². The number of nitrogens with zero attached hydrogens (tertiary/aromatic N) is 1. The standard InChI is InChI=1S/C17H17N3O5/c1-17(15(18)21,13-7-9-14(10-8-13)20(23)24)19-16(22)25-11-12-5-3-2-4-6-12/h2-10H,11H2,1H3,(H2,18,21)(H,19,22)/t17-/m1/s1. The predicted molar refractivity (Wildman–Crippen MR) is 89.4 cm³/mol. The number of alkyl carbamates (subject to hydrolysis) is 1. The molecule has 0 bridgehead atoms. The van der Waals surface area contributed by atoms with Crippen molar-refractivity contribution in [2.75, 3.05) is 0 Å². The second-order valence-electron chi connectivity index (χ2n) is 5.48. The van der Waals surface area contributed by atoms with E-state index in [1.54, 1.807) is 24.3 Å². The Balaban J connectivity index is 2.11. The molecule has 2 amide bonds. The molecule has 0 fully saturated rings. The van der Waals surface area contributed by atoms with Gasteiger partial charge in [-0.3, -0.25) is 14.9 Å².